The molecule has 0 saturated heterocycles. The molecule has 1 heterocycles. The van der Waals surface area contributed by atoms with E-state index in [1.165, 1.54) is 14.2 Å². The molecule has 0 saturated carbocycles. The summed E-state index contributed by atoms with van der Waals surface area (Å²) >= 11 is 4.81. The molecule has 23 heavy (non-hydrogen) atoms. The van der Waals surface area contributed by atoms with Gasteiger partial charge in [0.25, 0.3) is 0 Å². The normalized spacial score (nSPS) is 11.3. The fourth-order valence-electron chi connectivity index (χ4n) is 1.72. The van der Waals surface area contributed by atoms with Gasteiger partial charge in [-0.1, -0.05) is 29.4 Å². The number of hydrogen-bond donors (Lipinski definition) is 1. The van der Waals surface area contributed by atoms with Gasteiger partial charge in [-0.25, -0.2) is 4.79 Å². The van der Waals surface area contributed by atoms with Crippen molar-refractivity contribution < 1.29 is 22.9 Å². The number of hydrogen-bond acceptors (Lipinski definition) is 5. The summed E-state index contributed by atoms with van der Waals surface area (Å²) in [5, 5.41) is 3.30. The van der Waals surface area contributed by atoms with E-state index in [0.717, 1.165) is 10.6 Å². The van der Waals surface area contributed by atoms with Crippen molar-refractivity contribution >= 4 is 17.6 Å². The first-order valence-corrected chi connectivity index (χ1v) is 6.76. The molecule has 10 heteroatoms. The molecule has 1 aromatic carbocycles. The maximum Gasteiger partial charge on any atom is 0.400 e. The highest BCUT2D eigenvalue weighted by molar-refractivity contribution is 6.21. The van der Waals surface area contributed by atoms with E-state index in [-0.39, 0.29) is 12.4 Å². The van der Waals surface area contributed by atoms with E-state index >= 15 is 0 Å². The van der Waals surface area contributed by atoms with E-state index in [2.05, 4.69) is 20.0 Å². The van der Waals surface area contributed by atoms with Crippen molar-refractivity contribution in [2.75, 3.05) is 14.2 Å². The Kier molecular flexibility index (Phi) is 5.12. The highest BCUT2D eigenvalue weighted by Crippen LogP contribution is 2.32. The van der Waals surface area contributed by atoms with E-state index in [4.69, 9.17) is 16.4 Å². The van der Waals surface area contributed by atoms with E-state index in [9.17, 15) is 13.6 Å². The van der Waals surface area contributed by atoms with Gasteiger partial charge in [0, 0.05) is 12.6 Å². The Hall–Kier alpha value is -2.26. The first-order valence-electron chi connectivity index (χ1n) is 6.38. The van der Waals surface area contributed by atoms with Crippen LogP contribution < -0.4 is 5.32 Å². The number of halogens is 3. The summed E-state index contributed by atoms with van der Waals surface area (Å²) in [6.45, 7) is 0.202. The molecule has 0 aliphatic carbocycles. The second kappa shape index (κ2) is 6.88. The number of rotatable bonds is 5. The van der Waals surface area contributed by atoms with Gasteiger partial charge in [0.15, 0.2) is 0 Å². The van der Waals surface area contributed by atoms with Crippen LogP contribution in [0.4, 0.5) is 13.6 Å². The highest BCUT2D eigenvalue weighted by Gasteiger charge is 2.35. The Morgan fingerprint density at radius 3 is 2.57 bits per heavy atom. The van der Waals surface area contributed by atoms with Gasteiger partial charge in [0.2, 0.25) is 5.82 Å². The molecule has 0 atom stereocenters. The van der Waals surface area contributed by atoms with E-state index in [0.29, 0.717) is 5.56 Å². The molecule has 0 bridgehead atoms. The zero-order valence-corrected chi connectivity index (χ0v) is 13.0. The Labute approximate surface area is 135 Å². The molecule has 0 aliphatic heterocycles. The van der Waals surface area contributed by atoms with E-state index in [1.807, 2.05) is 0 Å². The largest absolute Gasteiger partial charge is 0.400 e. The minimum absolute atomic E-state index is 0.0122. The molecule has 124 valence electrons. The molecule has 0 unspecified atom stereocenters. The van der Waals surface area contributed by atoms with Gasteiger partial charge in [-0.15, -0.1) is 0 Å². The third-order valence-corrected chi connectivity index (χ3v) is 3.03. The van der Waals surface area contributed by atoms with Crippen LogP contribution in [0.3, 0.4) is 0 Å². The van der Waals surface area contributed by atoms with Gasteiger partial charge in [-0.3, -0.25) is 4.84 Å². The van der Waals surface area contributed by atoms with Crippen molar-refractivity contribution in [2.24, 2.45) is 0 Å². The maximum absolute atomic E-state index is 12.9. The lowest BCUT2D eigenvalue weighted by atomic mass is 10.1. The molecule has 1 aromatic heterocycles. The molecule has 2 amide bonds. The molecule has 2 aromatic rings. The topological polar surface area (TPSA) is 80.5 Å². The Bertz CT molecular complexity index is 673. The predicted octanol–water partition coefficient (Wildman–Crippen LogP) is 2.73. The average Bonchev–Trinajstić information content (AvgIpc) is 3.02. The lowest BCUT2D eigenvalue weighted by molar-refractivity contribution is -0.0927. The van der Waals surface area contributed by atoms with Gasteiger partial charge in [0.05, 0.1) is 13.7 Å². The molecule has 7 nitrogen and oxygen atoms in total. The van der Waals surface area contributed by atoms with Crippen molar-refractivity contribution in [3.63, 3.8) is 0 Å². The number of carbonyl (C=O) groups is 1. The van der Waals surface area contributed by atoms with Crippen LogP contribution in [0, 0.1) is 0 Å². The monoisotopic (exact) mass is 346 g/mol. The zero-order chi connectivity index (χ0) is 17.0. The zero-order valence-electron chi connectivity index (χ0n) is 12.2. The smallest absolute Gasteiger partial charge is 0.339 e. The number of carbonyl (C=O) groups excluding carboxylic acids is 1. The molecule has 0 radical (unpaired) electrons. The Balaban J connectivity index is 2.13. The van der Waals surface area contributed by atoms with Crippen molar-refractivity contribution in [3.05, 3.63) is 35.7 Å². The number of hydroxylamine groups is 2. The Morgan fingerprint density at radius 1 is 1.43 bits per heavy atom. The number of nitrogens with one attached hydrogen (secondary N) is 1. The minimum Gasteiger partial charge on any atom is -0.339 e. The van der Waals surface area contributed by atoms with Gasteiger partial charge in [-0.2, -0.15) is 18.8 Å². The summed E-state index contributed by atoms with van der Waals surface area (Å²) in [4.78, 5) is 20.0. The number of benzene rings is 1. The summed E-state index contributed by atoms with van der Waals surface area (Å²) < 4.78 is 30.1. The number of nitrogens with zero attached hydrogens (tertiary/aromatic N) is 3. The van der Waals surface area contributed by atoms with Crippen LogP contribution in [0.1, 0.15) is 11.5 Å². The number of amides is 2. The van der Waals surface area contributed by atoms with Crippen LogP contribution in [0.15, 0.2) is 28.8 Å². The van der Waals surface area contributed by atoms with Gasteiger partial charge in [-0.05, 0) is 17.2 Å². The lowest BCUT2D eigenvalue weighted by Gasteiger charge is -2.18. The third-order valence-electron chi connectivity index (χ3n) is 2.87. The first kappa shape index (κ1) is 17.1. The molecule has 1 N–H and O–H groups in total. The SMILES string of the molecule is CNC(=O)N(Cc1ccc(-c2noc(C(F)(F)Cl)n2)cc1)OC. The predicted molar refractivity (Wildman–Crippen MR) is 76.5 cm³/mol. The fourth-order valence-corrected chi connectivity index (χ4v) is 1.80. The molecule has 0 spiro atoms. The van der Waals surface area contributed by atoms with E-state index in [1.54, 1.807) is 24.3 Å². The quantitative estimate of drug-likeness (QED) is 0.665. The van der Waals surface area contributed by atoms with Crippen LogP contribution in [0.2, 0.25) is 0 Å². The average molecular weight is 347 g/mol. The second-order valence-corrected chi connectivity index (χ2v) is 4.87. The van der Waals surface area contributed by atoms with Crippen molar-refractivity contribution in [3.8, 4) is 11.4 Å². The second-order valence-electron chi connectivity index (χ2n) is 4.39. The number of alkyl halides is 3. The van der Waals surface area contributed by atoms with Crippen LogP contribution in [0.25, 0.3) is 11.4 Å². The molecule has 2 rings (SSSR count). The molecule has 0 fully saturated rings. The summed E-state index contributed by atoms with van der Waals surface area (Å²) in [5.41, 5.74) is 1.22. The van der Waals surface area contributed by atoms with Crippen LogP contribution >= 0.6 is 11.6 Å². The van der Waals surface area contributed by atoms with Gasteiger partial charge >= 0.3 is 17.3 Å². The van der Waals surface area contributed by atoms with Crippen LogP contribution in [-0.2, 0) is 16.8 Å². The number of urea groups is 1. The highest BCUT2D eigenvalue weighted by atomic mass is 35.5. The lowest BCUT2D eigenvalue weighted by Crippen LogP contribution is -2.36. The van der Waals surface area contributed by atoms with Crippen molar-refractivity contribution in [1.29, 1.82) is 0 Å². The summed E-state index contributed by atoms with van der Waals surface area (Å²) in [5.74, 6) is -0.981. The standard InChI is InChI=1S/C13H13ClF2N4O3/c1-17-12(21)20(22-2)7-8-3-5-9(6-4-8)10-18-11(23-19-10)13(14,15)16/h3-6H,7H2,1-2H3,(H,17,21). The van der Waals surface area contributed by atoms with E-state index < -0.39 is 17.3 Å². The first-order chi connectivity index (χ1) is 10.8. The summed E-state index contributed by atoms with van der Waals surface area (Å²) in [6, 6.07) is 6.17. The van der Waals surface area contributed by atoms with Gasteiger partial charge in [0.1, 0.15) is 0 Å². The number of aromatic nitrogens is 2. The maximum atomic E-state index is 12.9. The Morgan fingerprint density at radius 2 is 2.09 bits per heavy atom. The fraction of sp³-hybridized carbons (Fsp3) is 0.308. The summed E-state index contributed by atoms with van der Waals surface area (Å²) in [7, 11) is 2.86. The van der Waals surface area contributed by atoms with Crippen molar-refractivity contribution in [2.45, 2.75) is 11.9 Å². The minimum atomic E-state index is -3.71. The summed E-state index contributed by atoms with van der Waals surface area (Å²) in [6.07, 6.45) is 0. The molecule has 0 aliphatic rings. The van der Waals surface area contributed by atoms with Crippen LogP contribution in [-0.4, -0.2) is 35.4 Å². The molecular formula is C13H13ClF2N4O3. The van der Waals surface area contributed by atoms with Gasteiger partial charge < -0.3 is 9.84 Å². The van der Waals surface area contributed by atoms with Crippen molar-refractivity contribution in [1.82, 2.24) is 20.5 Å². The van der Waals surface area contributed by atoms with Crippen LogP contribution in [0.5, 0.6) is 0 Å². The molecular weight excluding hydrogens is 334 g/mol. The third kappa shape index (κ3) is 4.14.